The van der Waals surface area contributed by atoms with E-state index in [9.17, 15) is 13.2 Å². The summed E-state index contributed by atoms with van der Waals surface area (Å²) < 4.78 is 29.1. The zero-order valence-corrected chi connectivity index (χ0v) is 15.7. The highest BCUT2D eigenvalue weighted by Crippen LogP contribution is 2.29. The minimum absolute atomic E-state index is 0.150. The summed E-state index contributed by atoms with van der Waals surface area (Å²) in [7, 11) is -2.20. The van der Waals surface area contributed by atoms with Gasteiger partial charge in [-0.1, -0.05) is 17.7 Å². The van der Waals surface area contributed by atoms with Crippen molar-refractivity contribution in [1.29, 1.82) is 0 Å². The Labute approximate surface area is 153 Å². The van der Waals surface area contributed by atoms with Gasteiger partial charge >= 0.3 is 0 Å². The van der Waals surface area contributed by atoms with Crippen molar-refractivity contribution in [1.82, 2.24) is 9.78 Å². The van der Waals surface area contributed by atoms with E-state index in [0.717, 1.165) is 16.9 Å². The summed E-state index contributed by atoms with van der Waals surface area (Å²) in [6.07, 6.45) is 0. The fraction of sp³-hybridized carbons (Fsp3) is 0.125. The molecule has 0 saturated carbocycles. The number of hydrogen-bond donors (Lipinski definition) is 1. The molecule has 0 aliphatic rings. The van der Waals surface area contributed by atoms with Gasteiger partial charge in [0.05, 0.1) is 11.4 Å². The monoisotopic (exact) mass is 395 g/mol. The number of sulfonamides is 1. The Hall–Kier alpha value is -2.16. The highest BCUT2D eigenvalue weighted by Gasteiger charge is 2.19. The third-order valence-corrected chi connectivity index (χ3v) is 6.58. The van der Waals surface area contributed by atoms with Crippen molar-refractivity contribution < 1.29 is 8.42 Å². The van der Waals surface area contributed by atoms with E-state index in [1.807, 2.05) is 0 Å². The first-order chi connectivity index (χ1) is 11.8. The highest BCUT2D eigenvalue weighted by atomic mass is 35.5. The van der Waals surface area contributed by atoms with E-state index in [1.54, 1.807) is 43.6 Å². The molecule has 1 aromatic carbocycles. The Balaban J connectivity index is 1.93. The zero-order chi connectivity index (χ0) is 18.2. The van der Waals surface area contributed by atoms with Crippen LogP contribution in [0.4, 0.5) is 5.69 Å². The van der Waals surface area contributed by atoms with Crippen LogP contribution in [0.5, 0.6) is 0 Å². The van der Waals surface area contributed by atoms with Gasteiger partial charge < -0.3 is 0 Å². The van der Waals surface area contributed by atoms with Gasteiger partial charge in [-0.15, -0.1) is 11.3 Å². The third-order valence-electron chi connectivity index (χ3n) is 3.54. The van der Waals surface area contributed by atoms with Gasteiger partial charge in [-0.2, -0.15) is 5.10 Å². The molecule has 9 heteroatoms. The molecule has 130 valence electrons. The lowest BCUT2D eigenvalue weighted by molar-refractivity contribution is 0.603. The topological polar surface area (TPSA) is 81.1 Å². The van der Waals surface area contributed by atoms with E-state index in [0.29, 0.717) is 22.0 Å². The molecular formula is C16H14ClN3O3S2. The normalized spacial score (nSPS) is 11.5. The molecule has 0 aliphatic heterocycles. The third kappa shape index (κ3) is 3.76. The predicted molar refractivity (Wildman–Crippen MR) is 99.8 cm³/mol. The predicted octanol–water partition coefficient (Wildman–Crippen LogP) is 3.27. The van der Waals surface area contributed by atoms with Crippen LogP contribution in [0.3, 0.4) is 0 Å². The standard InChI is InChI=1S/C16H14ClN3O3S2/c1-10-3-4-12(17)8-14(10)19-25(22,23)16-7-11(9-24-16)13-5-6-15(21)20(2)18-13/h3-9,19H,1-2H3. The Morgan fingerprint density at radius 3 is 2.68 bits per heavy atom. The van der Waals surface area contributed by atoms with E-state index >= 15 is 0 Å². The van der Waals surface area contributed by atoms with Crippen molar-refractivity contribution in [2.45, 2.75) is 11.1 Å². The summed E-state index contributed by atoms with van der Waals surface area (Å²) in [4.78, 5) is 11.4. The number of anilines is 1. The van der Waals surface area contributed by atoms with Crippen molar-refractivity contribution in [2.24, 2.45) is 7.05 Å². The van der Waals surface area contributed by atoms with Crippen molar-refractivity contribution in [3.63, 3.8) is 0 Å². The van der Waals surface area contributed by atoms with Gasteiger partial charge in [0, 0.05) is 29.1 Å². The summed E-state index contributed by atoms with van der Waals surface area (Å²) in [5.41, 5.74) is 2.12. The first kappa shape index (κ1) is 17.7. The van der Waals surface area contributed by atoms with Crippen LogP contribution in [0, 0.1) is 6.92 Å². The van der Waals surface area contributed by atoms with E-state index in [4.69, 9.17) is 11.6 Å². The van der Waals surface area contributed by atoms with Crippen LogP contribution in [0.25, 0.3) is 11.3 Å². The molecule has 3 rings (SSSR count). The van der Waals surface area contributed by atoms with Crippen molar-refractivity contribution in [3.05, 3.63) is 62.7 Å². The average Bonchev–Trinajstić information content (AvgIpc) is 3.04. The number of halogens is 1. The van der Waals surface area contributed by atoms with Gasteiger partial charge in [-0.25, -0.2) is 13.1 Å². The zero-order valence-electron chi connectivity index (χ0n) is 13.4. The largest absolute Gasteiger partial charge is 0.279 e. The lowest BCUT2D eigenvalue weighted by Crippen LogP contribution is -2.18. The van der Waals surface area contributed by atoms with Crippen LogP contribution >= 0.6 is 22.9 Å². The number of hydrogen-bond acceptors (Lipinski definition) is 5. The first-order valence-electron chi connectivity index (χ1n) is 7.18. The Morgan fingerprint density at radius 1 is 1.20 bits per heavy atom. The molecule has 2 heterocycles. The summed E-state index contributed by atoms with van der Waals surface area (Å²) in [5, 5.41) is 6.26. The quantitative estimate of drug-likeness (QED) is 0.735. The second-order valence-corrected chi connectivity index (χ2v) is 8.66. The van der Waals surface area contributed by atoms with Crippen LogP contribution < -0.4 is 10.3 Å². The van der Waals surface area contributed by atoms with E-state index in [2.05, 4.69) is 9.82 Å². The SMILES string of the molecule is Cc1ccc(Cl)cc1NS(=O)(=O)c1cc(-c2ccc(=O)n(C)n2)cs1. The number of aromatic nitrogens is 2. The lowest BCUT2D eigenvalue weighted by Gasteiger charge is -2.09. The molecule has 0 aliphatic carbocycles. The summed E-state index contributed by atoms with van der Waals surface area (Å²) >= 11 is 7.01. The Morgan fingerprint density at radius 2 is 1.96 bits per heavy atom. The highest BCUT2D eigenvalue weighted by molar-refractivity contribution is 7.94. The van der Waals surface area contributed by atoms with E-state index < -0.39 is 10.0 Å². The molecule has 0 atom stereocenters. The molecular weight excluding hydrogens is 382 g/mol. The van der Waals surface area contributed by atoms with E-state index in [-0.39, 0.29) is 9.77 Å². The van der Waals surface area contributed by atoms with Crippen LogP contribution in [0.15, 0.2) is 50.8 Å². The van der Waals surface area contributed by atoms with Crippen molar-refractivity contribution in [3.8, 4) is 11.3 Å². The number of aryl methyl sites for hydroxylation is 2. The summed E-state index contributed by atoms with van der Waals surface area (Å²) in [6.45, 7) is 1.79. The van der Waals surface area contributed by atoms with Crippen molar-refractivity contribution in [2.75, 3.05) is 4.72 Å². The average molecular weight is 396 g/mol. The van der Waals surface area contributed by atoms with Crippen LogP contribution in [0.1, 0.15) is 5.56 Å². The van der Waals surface area contributed by atoms with Gasteiger partial charge in [0.1, 0.15) is 4.21 Å². The molecule has 2 aromatic heterocycles. The number of thiophene rings is 1. The molecule has 0 amide bonds. The lowest BCUT2D eigenvalue weighted by atomic mass is 10.2. The minimum Gasteiger partial charge on any atom is -0.279 e. The number of nitrogens with zero attached hydrogens (tertiary/aromatic N) is 2. The van der Waals surface area contributed by atoms with Gasteiger partial charge in [0.2, 0.25) is 0 Å². The molecule has 0 fully saturated rings. The Kier molecular flexibility index (Phi) is 4.68. The molecule has 0 radical (unpaired) electrons. The second-order valence-electron chi connectivity index (χ2n) is 5.40. The molecule has 1 N–H and O–H groups in total. The van der Waals surface area contributed by atoms with Gasteiger partial charge in [0.15, 0.2) is 0 Å². The molecule has 25 heavy (non-hydrogen) atoms. The summed E-state index contributed by atoms with van der Waals surface area (Å²) in [5.74, 6) is 0. The number of rotatable bonds is 4. The fourth-order valence-corrected chi connectivity index (χ4v) is 4.61. The van der Waals surface area contributed by atoms with Gasteiger partial charge in [-0.05, 0) is 36.8 Å². The molecule has 0 bridgehead atoms. The van der Waals surface area contributed by atoms with Crippen LogP contribution in [0.2, 0.25) is 5.02 Å². The van der Waals surface area contributed by atoms with Gasteiger partial charge in [0.25, 0.3) is 15.6 Å². The smallest absolute Gasteiger partial charge is 0.271 e. The number of nitrogens with one attached hydrogen (secondary N) is 1. The van der Waals surface area contributed by atoms with Crippen molar-refractivity contribution >= 4 is 38.6 Å². The maximum absolute atomic E-state index is 12.6. The Bertz CT molecular complexity index is 1100. The first-order valence-corrected chi connectivity index (χ1v) is 9.92. The van der Waals surface area contributed by atoms with Gasteiger partial charge in [-0.3, -0.25) is 9.52 Å². The molecule has 0 saturated heterocycles. The summed E-state index contributed by atoms with van der Waals surface area (Å²) in [6, 6.07) is 9.49. The number of benzene rings is 1. The second kappa shape index (κ2) is 6.62. The molecule has 3 aromatic rings. The van der Waals surface area contributed by atoms with Crippen LogP contribution in [-0.4, -0.2) is 18.2 Å². The minimum atomic E-state index is -3.74. The molecule has 0 unspecified atom stereocenters. The van der Waals surface area contributed by atoms with E-state index in [1.165, 1.54) is 16.8 Å². The maximum atomic E-state index is 12.6. The molecule has 6 nitrogen and oxygen atoms in total. The molecule has 0 spiro atoms. The van der Waals surface area contributed by atoms with Crippen LogP contribution in [-0.2, 0) is 17.1 Å². The maximum Gasteiger partial charge on any atom is 0.271 e. The fourth-order valence-electron chi connectivity index (χ4n) is 2.15.